The third-order valence-corrected chi connectivity index (χ3v) is 8.11. The molecular weight excluding hydrogens is 468 g/mol. The molecule has 3 aromatic rings. The maximum atomic E-state index is 15.1. The summed E-state index contributed by atoms with van der Waals surface area (Å²) in [5.41, 5.74) is -1.51. The Labute approximate surface area is 189 Å². The third kappa shape index (κ3) is 3.41. The SMILES string of the molecule is CC1(c2ccc(-c3c(F)c(F)c(-c4ccc(C5(C)OCCO5)s4)c(F)c3F)s2)OCCO1. The van der Waals surface area contributed by atoms with Crippen molar-refractivity contribution >= 4 is 22.7 Å². The minimum absolute atomic E-state index is 0.0341. The first-order chi connectivity index (χ1) is 15.2. The van der Waals surface area contributed by atoms with Crippen LogP contribution in [0.25, 0.3) is 20.9 Å². The Morgan fingerprint density at radius 2 is 0.906 bits per heavy atom. The Morgan fingerprint density at radius 1 is 0.594 bits per heavy atom. The zero-order valence-electron chi connectivity index (χ0n) is 17.1. The van der Waals surface area contributed by atoms with E-state index >= 15 is 17.6 Å². The second-order valence-electron chi connectivity index (χ2n) is 7.62. The molecule has 0 radical (unpaired) electrons. The molecule has 32 heavy (non-hydrogen) atoms. The first kappa shape index (κ1) is 22.0. The number of hydrogen-bond acceptors (Lipinski definition) is 6. The highest BCUT2D eigenvalue weighted by molar-refractivity contribution is 7.16. The van der Waals surface area contributed by atoms with Crippen LogP contribution < -0.4 is 0 Å². The van der Waals surface area contributed by atoms with E-state index in [2.05, 4.69) is 0 Å². The maximum Gasteiger partial charge on any atom is 0.201 e. The van der Waals surface area contributed by atoms with E-state index in [0.29, 0.717) is 36.2 Å². The van der Waals surface area contributed by atoms with Gasteiger partial charge in [-0.15, -0.1) is 22.7 Å². The highest BCUT2D eigenvalue weighted by atomic mass is 32.1. The fraction of sp³-hybridized carbons (Fsp3) is 0.364. The van der Waals surface area contributed by atoms with Gasteiger partial charge in [0.1, 0.15) is 0 Å². The fourth-order valence-electron chi connectivity index (χ4n) is 3.81. The molecule has 0 spiro atoms. The number of halogens is 4. The van der Waals surface area contributed by atoms with Gasteiger partial charge in [-0.05, 0) is 38.1 Å². The van der Waals surface area contributed by atoms with Crippen LogP contribution >= 0.6 is 22.7 Å². The van der Waals surface area contributed by atoms with Crippen LogP contribution in [0.5, 0.6) is 0 Å². The topological polar surface area (TPSA) is 36.9 Å². The average Bonchev–Trinajstić information content (AvgIpc) is 3.55. The molecule has 2 fully saturated rings. The minimum Gasteiger partial charge on any atom is -0.343 e. The van der Waals surface area contributed by atoms with Gasteiger partial charge in [-0.25, -0.2) is 17.6 Å². The summed E-state index contributed by atoms with van der Waals surface area (Å²) in [7, 11) is 0. The molecule has 0 atom stereocenters. The van der Waals surface area contributed by atoms with Crippen molar-refractivity contribution in [1.29, 1.82) is 0 Å². The van der Waals surface area contributed by atoms with E-state index in [0.717, 1.165) is 22.7 Å². The van der Waals surface area contributed by atoms with Gasteiger partial charge in [0.2, 0.25) is 11.6 Å². The monoisotopic (exact) mass is 486 g/mol. The van der Waals surface area contributed by atoms with E-state index in [1.54, 1.807) is 26.0 Å². The Balaban J connectivity index is 1.56. The van der Waals surface area contributed by atoms with E-state index in [-0.39, 0.29) is 9.75 Å². The first-order valence-electron chi connectivity index (χ1n) is 9.86. The summed E-state index contributed by atoms with van der Waals surface area (Å²) in [6, 6.07) is 5.94. The molecule has 0 N–H and O–H groups in total. The molecule has 0 bridgehead atoms. The van der Waals surface area contributed by atoms with Crippen molar-refractivity contribution in [1.82, 2.24) is 0 Å². The van der Waals surface area contributed by atoms with Crippen molar-refractivity contribution < 1.29 is 36.5 Å². The van der Waals surface area contributed by atoms with Crippen molar-refractivity contribution in [2.75, 3.05) is 26.4 Å². The van der Waals surface area contributed by atoms with Crippen LogP contribution in [-0.4, -0.2) is 26.4 Å². The van der Waals surface area contributed by atoms with Gasteiger partial charge in [0.25, 0.3) is 0 Å². The smallest absolute Gasteiger partial charge is 0.201 e. The van der Waals surface area contributed by atoms with Crippen molar-refractivity contribution in [2.24, 2.45) is 0 Å². The number of thiophene rings is 2. The first-order valence-corrected chi connectivity index (χ1v) is 11.5. The Morgan fingerprint density at radius 3 is 1.22 bits per heavy atom. The third-order valence-electron chi connectivity index (χ3n) is 5.54. The fourth-order valence-corrected chi connectivity index (χ4v) is 6.00. The molecular formula is C22H18F4O4S2. The summed E-state index contributed by atoms with van der Waals surface area (Å²) in [4.78, 5) is 1.15. The highest BCUT2D eigenvalue weighted by Gasteiger charge is 2.37. The lowest BCUT2D eigenvalue weighted by Crippen LogP contribution is -2.20. The molecule has 4 nitrogen and oxygen atoms in total. The average molecular weight is 487 g/mol. The van der Waals surface area contributed by atoms with E-state index < -0.39 is 46.0 Å². The molecule has 10 heteroatoms. The Bertz CT molecular complexity index is 1060. The lowest BCUT2D eigenvalue weighted by molar-refractivity contribution is -0.147. The summed E-state index contributed by atoms with van der Waals surface area (Å²) in [6.07, 6.45) is 0. The summed E-state index contributed by atoms with van der Waals surface area (Å²) < 4.78 is 82.4. The van der Waals surface area contributed by atoms with Crippen LogP contribution in [0.15, 0.2) is 24.3 Å². The quantitative estimate of drug-likeness (QED) is 0.328. The second-order valence-corrected chi connectivity index (χ2v) is 9.79. The van der Waals surface area contributed by atoms with Gasteiger partial charge >= 0.3 is 0 Å². The number of benzene rings is 1. The van der Waals surface area contributed by atoms with Crippen LogP contribution in [-0.2, 0) is 30.5 Å². The summed E-state index contributed by atoms with van der Waals surface area (Å²) in [5, 5.41) is 0. The molecule has 0 amide bonds. The van der Waals surface area contributed by atoms with Crippen molar-refractivity contribution in [2.45, 2.75) is 25.4 Å². The Kier molecular flexibility index (Phi) is 5.43. The Hall–Kier alpha value is -1.82. The van der Waals surface area contributed by atoms with Crippen molar-refractivity contribution in [3.05, 3.63) is 57.3 Å². The zero-order valence-corrected chi connectivity index (χ0v) is 18.7. The van der Waals surface area contributed by atoms with E-state index in [9.17, 15) is 0 Å². The molecule has 5 rings (SSSR count). The molecule has 170 valence electrons. The molecule has 0 saturated carbocycles. The second kappa shape index (κ2) is 7.89. The largest absolute Gasteiger partial charge is 0.343 e. The van der Waals surface area contributed by atoms with Gasteiger partial charge < -0.3 is 18.9 Å². The van der Waals surface area contributed by atoms with Crippen molar-refractivity contribution in [3.8, 4) is 20.9 Å². The summed E-state index contributed by atoms with van der Waals surface area (Å²) >= 11 is 1.91. The standard InChI is InChI=1S/C22H18F4O4S2/c1-21(27-7-8-28-21)13-5-3-11(31-13)15-17(23)19(25)16(20(26)18(15)24)12-4-6-14(32-12)22(2)29-9-10-30-22/h3-6H,7-10H2,1-2H3. The summed E-state index contributed by atoms with van der Waals surface area (Å²) in [5.74, 6) is -7.94. The van der Waals surface area contributed by atoms with Crippen LogP contribution in [0.4, 0.5) is 17.6 Å². The molecule has 4 heterocycles. The van der Waals surface area contributed by atoms with Gasteiger partial charge in [-0.2, -0.15) is 0 Å². The maximum absolute atomic E-state index is 15.1. The van der Waals surface area contributed by atoms with Gasteiger partial charge in [0.15, 0.2) is 23.3 Å². The van der Waals surface area contributed by atoms with E-state index in [1.165, 1.54) is 12.1 Å². The lowest BCUT2D eigenvalue weighted by Gasteiger charge is -2.20. The van der Waals surface area contributed by atoms with Gasteiger partial charge in [-0.3, -0.25) is 0 Å². The number of ether oxygens (including phenoxy) is 4. The molecule has 2 aliphatic heterocycles. The predicted molar refractivity (Wildman–Crippen MR) is 111 cm³/mol. The highest BCUT2D eigenvalue weighted by Crippen LogP contribution is 2.45. The van der Waals surface area contributed by atoms with Crippen LogP contribution in [0.1, 0.15) is 23.6 Å². The van der Waals surface area contributed by atoms with E-state index in [4.69, 9.17) is 18.9 Å². The predicted octanol–water partition coefficient (Wildman–Crippen LogP) is 6.14. The summed E-state index contributed by atoms with van der Waals surface area (Å²) in [6.45, 7) is 4.87. The molecule has 2 aliphatic rings. The van der Waals surface area contributed by atoms with Gasteiger partial charge in [-0.1, -0.05) is 0 Å². The van der Waals surface area contributed by atoms with Crippen LogP contribution in [0.3, 0.4) is 0 Å². The van der Waals surface area contributed by atoms with Crippen molar-refractivity contribution in [3.63, 3.8) is 0 Å². The lowest BCUT2D eigenvalue weighted by atomic mass is 10.1. The molecule has 0 aliphatic carbocycles. The minimum atomic E-state index is -1.46. The van der Waals surface area contributed by atoms with E-state index in [1.807, 2.05) is 0 Å². The number of hydrogen-bond donors (Lipinski definition) is 0. The molecule has 2 aromatic heterocycles. The van der Waals surface area contributed by atoms with Crippen LogP contribution in [0, 0.1) is 23.3 Å². The molecule has 1 aromatic carbocycles. The van der Waals surface area contributed by atoms with Gasteiger partial charge in [0, 0.05) is 9.75 Å². The molecule has 2 saturated heterocycles. The zero-order chi connectivity index (χ0) is 22.7. The number of rotatable bonds is 4. The normalized spacial score (nSPS) is 19.7. The molecule has 0 unspecified atom stereocenters. The van der Waals surface area contributed by atoms with Crippen LogP contribution in [0.2, 0.25) is 0 Å². The van der Waals surface area contributed by atoms with Gasteiger partial charge in [0.05, 0.1) is 47.3 Å².